The van der Waals surface area contributed by atoms with E-state index in [4.69, 9.17) is 10.2 Å². The van der Waals surface area contributed by atoms with Crippen molar-refractivity contribution in [3.8, 4) is 0 Å². The molecule has 0 saturated carbocycles. The van der Waals surface area contributed by atoms with Crippen LogP contribution in [-0.2, 0) is 6.42 Å². The van der Waals surface area contributed by atoms with Crippen molar-refractivity contribution in [1.82, 2.24) is 0 Å². The van der Waals surface area contributed by atoms with E-state index in [1.165, 1.54) is 0 Å². The summed E-state index contributed by atoms with van der Waals surface area (Å²) in [4.78, 5) is 11.0. The minimum atomic E-state index is -0.433. The van der Waals surface area contributed by atoms with Crippen molar-refractivity contribution < 1.29 is 9.21 Å². The molecule has 1 aromatic heterocycles. The highest BCUT2D eigenvalue weighted by Gasteiger charge is 2.10. The number of primary amides is 1. The molecule has 1 amide bonds. The lowest BCUT2D eigenvalue weighted by Crippen LogP contribution is -2.10. The monoisotopic (exact) mass is 267 g/mol. The lowest BCUT2D eigenvalue weighted by Gasteiger charge is -1.97. The fourth-order valence-electron chi connectivity index (χ4n) is 1.48. The lowest BCUT2D eigenvalue weighted by atomic mass is 10.1. The fourth-order valence-corrected chi connectivity index (χ4v) is 2.04. The second-order valence-electron chi connectivity index (χ2n) is 3.31. The molecule has 0 unspecified atom stereocenters. The summed E-state index contributed by atoms with van der Waals surface area (Å²) in [5, 5.41) is 0.898. The number of nitrogens with two attached hydrogens (primary N) is 1. The Labute approximate surface area is 95.4 Å². The van der Waals surface area contributed by atoms with Crippen LogP contribution in [0.2, 0.25) is 0 Å². The minimum Gasteiger partial charge on any atom is -0.460 e. The number of furan rings is 1. The van der Waals surface area contributed by atoms with Gasteiger partial charge in [0.15, 0.2) is 0 Å². The van der Waals surface area contributed by atoms with Gasteiger partial charge in [0.25, 0.3) is 0 Å². The predicted molar refractivity (Wildman–Crippen MR) is 61.8 cm³/mol. The van der Waals surface area contributed by atoms with Gasteiger partial charge in [0, 0.05) is 17.4 Å². The predicted octanol–water partition coefficient (Wildman–Crippen LogP) is 2.86. The molecule has 0 aliphatic heterocycles. The molecule has 2 aromatic rings. The first-order valence-electron chi connectivity index (χ1n) is 4.63. The summed E-state index contributed by atoms with van der Waals surface area (Å²) in [7, 11) is 0. The summed E-state index contributed by atoms with van der Waals surface area (Å²) in [6.07, 6.45) is 0.826. The first-order valence-corrected chi connectivity index (χ1v) is 5.43. The van der Waals surface area contributed by atoms with E-state index < -0.39 is 5.91 Å². The van der Waals surface area contributed by atoms with Crippen LogP contribution < -0.4 is 5.73 Å². The average molecular weight is 268 g/mol. The van der Waals surface area contributed by atoms with Crippen molar-refractivity contribution in [3.63, 3.8) is 0 Å². The second-order valence-corrected chi connectivity index (χ2v) is 4.16. The first-order chi connectivity index (χ1) is 7.11. The molecule has 0 aliphatic rings. The SMILES string of the molecule is CCc1cc2cc(C(N)=O)cc(Br)c2o1. The normalized spacial score (nSPS) is 10.8. The van der Waals surface area contributed by atoms with E-state index in [2.05, 4.69) is 15.9 Å². The number of benzene rings is 1. The Morgan fingerprint density at radius 2 is 2.20 bits per heavy atom. The van der Waals surface area contributed by atoms with Crippen LogP contribution in [0.4, 0.5) is 0 Å². The highest BCUT2D eigenvalue weighted by Crippen LogP contribution is 2.28. The minimum absolute atomic E-state index is 0.433. The molecule has 78 valence electrons. The number of hydrogen-bond acceptors (Lipinski definition) is 2. The maximum absolute atomic E-state index is 11.0. The van der Waals surface area contributed by atoms with E-state index in [1.807, 2.05) is 13.0 Å². The van der Waals surface area contributed by atoms with Gasteiger partial charge in [-0.3, -0.25) is 4.79 Å². The maximum atomic E-state index is 11.0. The van der Waals surface area contributed by atoms with E-state index in [9.17, 15) is 4.79 Å². The van der Waals surface area contributed by atoms with E-state index in [0.29, 0.717) is 5.56 Å². The highest BCUT2D eigenvalue weighted by atomic mass is 79.9. The largest absolute Gasteiger partial charge is 0.460 e. The molecule has 0 spiro atoms. The first kappa shape index (κ1) is 10.2. The summed E-state index contributed by atoms with van der Waals surface area (Å²) in [6, 6.07) is 5.34. The molecule has 0 radical (unpaired) electrons. The Hall–Kier alpha value is -1.29. The van der Waals surface area contributed by atoms with Crippen molar-refractivity contribution in [2.24, 2.45) is 5.73 Å². The van der Waals surface area contributed by atoms with Gasteiger partial charge >= 0.3 is 0 Å². The molecular formula is C11H10BrNO2. The molecule has 2 N–H and O–H groups in total. The van der Waals surface area contributed by atoms with Gasteiger partial charge in [0.2, 0.25) is 5.91 Å². The van der Waals surface area contributed by atoms with E-state index >= 15 is 0 Å². The van der Waals surface area contributed by atoms with Crippen LogP contribution in [0.1, 0.15) is 23.0 Å². The van der Waals surface area contributed by atoms with Crippen LogP contribution in [0.15, 0.2) is 27.1 Å². The molecule has 0 atom stereocenters. The molecule has 1 heterocycles. The molecular weight excluding hydrogens is 258 g/mol. The number of halogens is 1. The van der Waals surface area contributed by atoms with Crippen molar-refractivity contribution >= 4 is 32.8 Å². The van der Waals surface area contributed by atoms with Gasteiger partial charge in [-0.15, -0.1) is 0 Å². The van der Waals surface area contributed by atoms with Crippen molar-refractivity contribution in [3.05, 3.63) is 34.0 Å². The third-order valence-corrected chi connectivity index (χ3v) is 2.84. The Kier molecular flexibility index (Phi) is 2.52. The average Bonchev–Trinajstić information content (AvgIpc) is 2.61. The Bertz CT molecular complexity index is 531. The summed E-state index contributed by atoms with van der Waals surface area (Å²) < 4.78 is 6.34. The van der Waals surface area contributed by atoms with Gasteiger partial charge in [-0.2, -0.15) is 0 Å². The number of fused-ring (bicyclic) bond motifs is 1. The summed E-state index contributed by atoms with van der Waals surface area (Å²) in [6.45, 7) is 2.01. The third kappa shape index (κ3) is 1.77. The van der Waals surface area contributed by atoms with Gasteiger partial charge < -0.3 is 10.2 Å². The van der Waals surface area contributed by atoms with Crippen molar-refractivity contribution in [2.45, 2.75) is 13.3 Å². The van der Waals surface area contributed by atoms with Crippen LogP contribution in [-0.4, -0.2) is 5.91 Å². The molecule has 0 fully saturated rings. The lowest BCUT2D eigenvalue weighted by molar-refractivity contribution is 0.100. The zero-order valence-electron chi connectivity index (χ0n) is 8.21. The molecule has 3 nitrogen and oxygen atoms in total. The van der Waals surface area contributed by atoms with E-state index in [-0.39, 0.29) is 0 Å². The number of hydrogen-bond donors (Lipinski definition) is 1. The number of rotatable bonds is 2. The molecule has 0 aliphatic carbocycles. The maximum Gasteiger partial charge on any atom is 0.248 e. The van der Waals surface area contributed by atoms with Crippen LogP contribution >= 0.6 is 15.9 Å². The third-order valence-electron chi connectivity index (χ3n) is 2.25. The summed E-state index contributed by atoms with van der Waals surface area (Å²) >= 11 is 3.36. The Balaban J connectivity index is 2.70. The van der Waals surface area contributed by atoms with Crippen molar-refractivity contribution in [1.29, 1.82) is 0 Å². The Morgan fingerprint density at radius 1 is 1.47 bits per heavy atom. The topological polar surface area (TPSA) is 56.2 Å². The number of carbonyl (C=O) groups is 1. The van der Waals surface area contributed by atoms with Gasteiger partial charge in [-0.25, -0.2) is 0 Å². The summed E-state index contributed by atoms with van der Waals surface area (Å²) in [5.41, 5.74) is 6.47. The molecule has 0 bridgehead atoms. The molecule has 0 saturated heterocycles. The smallest absolute Gasteiger partial charge is 0.248 e. The second kappa shape index (κ2) is 3.70. The van der Waals surface area contributed by atoms with Crippen LogP contribution in [0, 0.1) is 0 Å². The quantitative estimate of drug-likeness (QED) is 0.910. The van der Waals surface area contributed by atoms with Gasteiger partial charge in [0.1, 0.15) is 11.3 Å². The van der Waals surface area contributed by atoms with Gasteiger partial charge in [-0.05, 0) is 34.1 Å². The van der Waals surface area contributed by atoms with Crippen molar-refractivity contribution in [2.75, 3.05) is 0 Å². The van der Waals surface area contributed by atoms with Crippen LogP contribution in [0.25, 0.3) is 11.0 Å². The molecule has 1 aromatic carbocycles. The number of carbonyl (C=O) groups excluding carboxylic acids is 1. The summed E-state index contributed by atoms with van der Waals surface area (Å²) in [5.74, 6) is 0.462. The van der Waals surface area contributed by atoms with E-state index in [1.54, 1.807) is 12.1 Å². The van der Waals surface area contributed by atoms with E-state index in [0.717, 1.165) is 27.6 Å². The molecule has 2 rings (SSSR count). The number of aryl methyl sites for hydroxylation is 1. The standard InChI is InChI=1S/C11H10BrNO2/c1-2-8-4-6-3-7(11(13)14)5-9(12)10(6)15-8/h3-5H,2H2,1H3,(H2,13,14). The molecule has 15 heavy (non-hydrogen) atoms. The zero-order chi connectivity index (χ0) is 11.0. The van der Waals surface area contributed by atoms with Crippen LogP contribution in [0.3, 0.4) is 0 Å². The highest BCUT2D eigenvalue weighted by molar-refractivity contribution is 9.10. The number of amides is 1. The Morgan fingerprint density at radius 3 is 2.80 bits per heavy atom. The fraction of sp³-hybridized carbons (Fsp3) is 0.182. The molecule has 4 heteroatoms. The van der Waals surface area contributed by atoms with Gasteiger partial charge in [0.05, 0.1) is 4.47 Å². The zero-order valence-corrected chi connectivity index (χ0v) is 9.80. The van der Waals surface area contributed by atoms with Gasteiger partial charge in [-0.1, -0.05) is 6.92 Å². The van der Waals surface area contributed by atoms with Crippen LogP contribution in [0.5, 0.6) is 0 Å².